The molecular weight excluding hydrogens is 841 g/mol. The van der Waals surface area contributed by atoms with Gasteiger partial charge in [-0.2, -0.15) is 0 Å². The maximum Gasteiger partial charge on any atom is -0.00210 e. The number of hydrogen-bond donors (Lipinski definition) is 0. The molecule has 0 radical (unpaired) electrons. The molecule has 0 aliphatic carbocycles. The second kappa shape index (κ2) is 16.2. The first-order valence-corrected chi connectivity index (χ1v) is 24.7. The summed E-state index contributed by atoms with van der Waals surface area (Å²) in [6.45, 7) is 13.5. The topological polar surface area (TPSA) is 0 Å². The molecule has 19 aromatic rings. The van der Waals surface area contributed by atoms with E-state index in [1.54, 1.807) is 0 Å². The number of aryl methyl sites for hydroxylation is 6. The molecule has 0 aliphatic heterocycles. The molecule has 0 amide bonds. The summed E-state index contributed by atoms with van der Waals surface area (Å²) in [5.74, 6) is 0. The fraction of sp³-hybridized carbons (Fsp3) is 0.0857. The van der Waals surface area contributed by atoms with Crippen molar-refractivity contribution in [2.24, 2.45) is 0 Å². The van der Waals surface area contributed by atoms with Crippen LogP contribution >= 0.6 is 0 Å². The molecule has 19 rings (SSSR count). The summed E-state index contributed by atoms with van der Waals surface area (Å²) < 4.78 is 0. The lowest BCUT2D eigenvalue weighted by atomic mass is 9.85. The highest BCUT2D eigenvalue weighted by Crippen LogP contribution is 2.45. The first-order chi connectivity index (χ1) is 34.2. The van der Waals surface area contributed by atoms with Crippen LogP contribution in [0.4, 0.5) is 0 Å². The van der Waals surface area contributed by atoms with Crippen molar-refractivity contribution in [1.29, 1.82) is 0 Å². The molecule has 0 saturated carbocycles. The molecule has 12 bridgehead atoms. The highest BCUT2D eigenvalue weighted by molar-refractivity contribution is 6.26. The number of rotatable bonds is 2. The fourth-order valence-corrected chi connectivity index (χ4v) is 12.4. The predicted molar refractivity (Wildman–Crippen MR) is 307 cm³/mol. The molecule has 0 N–H and O–H groups in total. The molecule has 0 unspecified atom stereocenters. The summed E-state index contributed by atoms with van der Waals surface area (Å²) in [7, 11) is 0. The highest BCUT2D eigenvalue weighted by Gasteiger charge is 2.19. The minimum Gasteiger partial charge on any atom is -0.0610 e. The van der Waals surface area contributed by atoms with Crippen molar-refractivity contribution in [2.75, 3.05) is 0 Å². The van der Waals surface area contributed by atoms with Gasteiger partial charge in [0.1, 0.15) is 0 Å². The summed E-state index contributed by atoms with van der Waals surface area (Å²) in [4.78, 5) is 0. The van der Waals surface area contributed by atoms with Crippen molar-refractivity contribution in [3.05, 3.63) is 240 Å². The van der Waals surface area contributed by atoms with Crippen molar-refractivity contribution in [2.45, 2.75) is 41.5 Å². The Morgan fingerprint density at radius 2 is 0.371 bits per heavy atom. The second-order valence-corrected chi connectivity index (χ2v) is 20.0. The average Bonchev–Trinajstić information content (AvgIpc) is 3.37. The monoisotopic (exact) mass is 892 g/mol. The smallest absolute Gasteiger partial charge is 0.00210 e. The third-order valence-electron chi connectivity index (χ3n) is 15.4. The van der Waals surface area contributed by atoms with Gasteiger partial charge in [0, 0.05) is 0 Å². The molecule has 0 spiro atoms. The number of hydrogen-bond acceptors (Lipinski definition) is 0. The summed E-state index contributed by atoms with van der Waals surface area (Å²) in [5.41, 5.74) is 13.1. The van der Waals surface area contributed by atoms with Gasteiger partial charge in [-0.3, -0.25) is 0 Å². The van der Waals surface area contributed by atoms with Crippen LogP contribution in [0.15, 0.2) is 206 Å². The van der Waals surface area contributed by atoms with Gasteiger partial charge in [-0.15, -0.1) is 0 Å². The summed E-state index contributed by atoms with van der Waals surface area (Å²) in [6, 6.07) is 78.7. The van der Waals surface area contributed by atoms with Crippen molar-refractivity contribution in [3.8, 4) is 22.3 Å². The van der Waals surface area contributed by atoms with Crippen LogP contribution in [-0.2, 0) is 0 Å². The van der Waals surface area contributed by atoms with E-state index in [4.69, 9.17) is 0 Å². The molecule has 19 aromatic carbocycles. The van der Waals surface area contributed by atoms with Gasteiger partial charge < -0.3 is 0 Å². The van der Waals surface area contributed by atoms with Gasteiger partial charge in [0.05, 0.1) is 0 Å². The van der Waals surface area contributed by atoms with E-state index in [1.165, 1.54) is 163 Å². The van der Waals surface area contributed by atoms with Crippen molar-refractivity contribution >= 4 is 108 Å². The van der Waals surface area contributed by atoms with E-state index in [9.17, 15) is 0 Å². The van der Waals surface area contributed by atoms with E-state index < -0.39 is 0 Å². The second-order valence-electron chi connectivity index (χ2n) is 20.0. The van der Waals surface area contributed by atoms with Gasteiger partial charge in [-0.1, -0.05) is 205 Å². The van der Waals surface area contributed by atoms with Gasteiger partial charge in [0.25, 0.3) is 0 Å². The molecular formula is C70H52. The zero-order valence-electron chi connectivity index (χ0n) is 40.6. The Bertz CT molecular complexity index is 3880. The van der Waals surface area contributed by atoms with E-state index in [-0.39, 0.29) is 0 Å². The third kappa shape index (κ3) is 6.66. The minimum atomic E-state index is 1.20. The van der Waals surface area contributed by atoms with Crippen molar-refractivity contribution in [1.82, 2.24) is 0 Å². The molecule has 0 fully saturated rings. The molecule has 0 nitrogen and oxygen atoms in total. The van der Waals surface area contributed by atoms with E-state index in [1.807, 2.05) is 0 Å². The van der Waals surface area contributed by atoms with Crippen molar-refractivity contribution < 1.29 is 0 Å². The van der Waals surface area contributed by atoms with Crippen LogP contribution in [0.2, 0.25) is 0 Å². The summed E-state index contributed by atoms with van der Waals surface area (Å²) >= 11 is 0. The maximum atomic E-state index is 2.46. The van der Waals surface area contributed by atoms with Crippen LogP contribution in [-0.4, -0.2) is 0 Å². The van der Waals surface area contributed by atoms with Crippen molar-refractivity contribution in [3.63, 3.8) is 0 Å². The molecule has 0 atom stereocenters. The number of benzene rings is 12. The molecule has 0 aliphatic rings. The predicted octanol–water partition coefficient (Wildman–Crippen LogP) is 20.1. The van der Waals surface area contributed by atoms with E-state index >= 15 is 0 Å². The fourth-order valence-electron chi connectivity index (χ4n) is 12.4. The van der Waals surface area contributed by atoms with Crippen LogP contribution in [0.25, 0.3) is 130 Å². The van der Waals surface area contributed by atoms with Crippen LogP contribution in [0.1, 0.15) is 33.4 Å². The first-order valence-electron chi connectivity index (χ1n) is 24.7. The molecule has 0 aromatic heterocycles. The van der Waals surface area contributed by atoms with Crippen LogP contribution in [0, 0.1) is 41.5 Å². The first kappa shape index (κ1) is 41.8. The zero-order chi connectivity index (χ0) is 47.4. The van der Waals surface area contributed by atoms with Gasteiger partial charge in [0.15, 0.2) is 0 Å². The van der Waals surface area contributed by atoms with Gasteiger partial charge >= 0.3 is 0 Å². The zero-order valence-corrected chi connectivity index (χ0v) is 40.6. The summed E-state index contributed by atoms with van der Waals surface area (Å²) in [5, 5.41) is 24.7. The van der Waals surface area contributed by atoms with E-state index in [0.717, 1.165) is 0 Å². The Morgan fingerprint density at radius 1 is 0.171 bits per heavy atom. The maximum absolute atomic E-state index is 2.46. The third-order valence-corrected chi connectivity index (χ3v) is 15.4. The molecule has 70 heavy (non-hydrogen) atoms. The lowest BCUT2D eigenvalue weighted by Crippen LogP contribution is -1.94. The Balaban J connectivity index is 1.16. The van der Waals surface area contributed by atoms with Gasteiger partial charge in [-0.25, -0.2) is 0 Å². The van der Waals surface area contributed by atoms with E-state index in [2.05, 4.69) is 248 Å². The van der Waals surface area contributed by atoms with Gasteiger partial charge in [0.2, 0.25) is 0 Å². The van der Waals surface area contributed by atoms with Crippen LogP contribution in [0.5, 0.6) is 0 Å². The molecule has 0 saturated heterocycles. The average molecular weight is 893 g/mol. The highest BCUT2D eigenvalue weighted by atomic mass is 14.2. The largest absolute Gasteiger partial charge is 0.0610 e. The summed E-state index contributed by atoms with van der Waals surface area (Å²) in [6.07, 6.45) is 0. The molecule has 0 heterocycles. The quantitative estimate of drug-likeness (QED) is 0.152. The Kier molecular flexibility index (Phi) is 9.65. The van der Waals surface area contributed by atoms with Crippen LogP contribution in [0.3, 0.4) is 0 Å². The lowest BCUT2D eigenvalue weighted by Gasteiger charge is -2.19. The van der Waals surface area contributed by atoms with Gasteiger partial charge in [-0.05, 0) is 206 Å². The Labute approximate surface area is 409 Å². The molecule has 0 heteroatoms. The van der Waals surface area contributed by atoms with Crippen LogP contribution < -0.4 is 0 Å². The Hall–Kier alpha value is -8.32. The van der Waals surface area contributed by atoms with E-state index in [0.29, 0.717) is 0 Å². The lowest BCUT2D eigenvalue weighted by molar-refractivity contribution is 1.33. The molecule has 332 valence electrons. The normalized spacial score (nSPS) is 11.9. The standard InChI is InChI=1S/C70H52/c1-41-35-43(3)67(44(4)36-41)69-59-15-7-11-55-51-27-19-47(20-28-51)49-23-31-53(32-24-49)57-13-9-17-61-65(57)40-66-58(14-10-18-62(66)70(61)68-45(5)37-42(2)38-46(68)6)54-33-25-50(26-34-54)48-21-29-52(30-22-48)56-12-8-16-60(69)64(56)39-63(55)59/h7-40H,1-6H3. The minimum absolute atomic E-state index is 1.20. The Morgan fingerprint density at radius 3 is 0.600 bits per heavy atom. The SMILES string of the molecule is Cc1cc(C)c(-c2c3cccc4c5ccc(cc5)c5ccc(cc5)c5cccc6c(-c7c(C)cc(C)cc7C)c7cccc(c8ccc(cc8)c8ccc(cc8)c8cccc2c8cc34)c7cc65)c(C)c1.